The highest BCUT2D eigenvalue weighted by Crippen LogP contribution is 2.27. The van der Waals surface area contributed by atoms with Crippen molar-refractivity contribution < 1.29 is 13.5 Å². The molecule has 0 radical (unpaired) electrons. The lowest BCUT2D eigenvalue weighted by molar-refractivity contribution is 0.292. The number of aromatic nitrogens is 3. The molecule has 140 valence electrons. The molecule has 3 rings (SSSR count). The normalized spacial score (nSPS) is 10.9. The number of hydrogen-bond acceptors (Lipinski definition) is 4. The molecule has 0 aliphatic heterocycles. The van der Waals surface area contributed by atoms with E-state index in [2.05, 4.69) is 9.97 Å². The van der Waals surface area contributed by atoms with Crippen LogP contribution in [0.15, 0.2) is 35.4 Å². The van der Waals surface area contributed by atoms with Crippen LogP contribution in [-0.4, -0.2) is 14.5 Å². The van der Waals surface area contributed by atoms with Crippen molar-refractivity contribution in [1.29, 1.82) is 0 Å². The zero-order valence-corrected chi connectivity index (χ0v) is 15.9. The second-order valence-electron chi connectivity index (χ2n) is 5.43. The molecular formula is C17H10Cl3F2N3O2. The van der Waals surface area contributed by atoms with E-state index in [4.69, 9.17) is 39.5 Å². The predicted molar refractivity (Wildman–Crippen MR) is 98.1 cm³/mol. The van der Waals surface area contributed by atoms with Crippen LogP contribution in [0.1, 0.15) is 11.4 Å². The van der Waals surface area contributed by atoms with Crippen molar-refractivity contribution in [2.45, 2.75) is 13.5 Å². The van der Waals surface area contributed by atoms with E-state index >= 15 is 0 Å². The molecule has 0 aliphatic carbocycles. The van der Waals surface area contributed by atoms with Crippen LogP contribution >= 0.6 is 34.8 Å². The van der Waals surface area contributed by atoms with Gasteiger partial charge >= 0.3 is 0 Å². The summed E-state index contributed by atoms with van der Waals surface area (Å²) in [6, 6.07) is 3.59. The van der Waals surface area contributed by atoms with E-state index in [0.717, 1.165) is 6.20 Å². The molecule has 0 fully saturated rings. The van der Waals surface area contributed by atoms with Crippen LogP contribution in [0.2, 0.25) is 15.2 Å². The van der Waals surface area contributed by atoms with E-state index in [1.54, 1.807) is 6.92 Å². The Bertz CT molecular complexity index is 1090. The number of nitrogens with zero attached hydrogens (tertiary/aromatic N) is 3. The van der Waals surface area contributed by atoms with Gasteiger partial charge in [-0.15, -0.1) is 0 Å². The summed E-state index contributed by atoms with van der Waals surface area (Å²) in [4.78, 5) is 20.1. The van der Waals surface area contributed by atoms with E-state index in [0.29, 0.717) is 17.4 Å². The van der Waals surface area contributed by atoms with Gasteiger partial charge in [-0.1, -0.05) is 34.8 Å². The number of pyridine rings is 3. The number of rotatable bonds is 4. The van der Waals surface area contributed by atoms with Crippen LogP contribution < -0.4 is 10.3 Å². The molecule has 0 aromatic carbocycles. The highest BCUT2D eigenvalue weighted by molar-refractivity contribution is 6.34. The first-order valence-electron chi connectivity index (χ1n) is 7.44. The largest absolute Gasteiger partial charge is 0.485 e. The van der Waals surface area contributed by atoms with Gasteiger partial charge in [0.25, 0.3) is 5.56 Å². The third kappa shape index (κ3) is 4.05. The third-order valence-electron chi connectivity index (χ3n) is 3.59. The lowest BCUT2D eigenvalue weighted by atomic mass is 10.3. The predicted octanol–water partition coefficient (Wildman–Crippen LogP) is 4.75. The molecule has 0 spiro atoms. The van der Waals surface area contributed by atoms with E-state index in [1.165, 1.54) is 22.9 Å². The Hall–Kier alpha value is -2.22. The summed E-state index contributed by atoms with van der Waals surface area (Å²) in [5.74, 6) is -1.65. The van der Waals surface area contributed by atoms with E-state index in [1.807, 2.05) is 0 Å². The number of aryl methyl sites for hydroxylation is 1. The van der Waals surface area contributed by atoms with Gasteiger partial charge in [0.15, 0.2) is 5.82 Å². The smallest absolute Gasteiger partial charge is 0.277 e. The minimum atomic E-state index is -0.866. The van der Waals surface area contributed by atoms with Crippen LogP contribution in [0.4, 0.5) is 8.78 Å². The fourth-order valence-electron chi connectivity index (χ4n) is 2.36. The Morgan fingerprint density at radius 1 is 1.11 bits per heavy atom. The Morgan fingerprint density at radius 2 is 1.85 bits per heavy atom. The molecule has 0 aliphatic rings. The summed E-state index contributed by atoms with van der Waals surface area (Å²) in [6.45, 7) is 1.29. The Morgan fingerprint density at radius 3 is 2.56 bits per heavy atom. The van der Waals surface area contributed by atoms with Crippen LogP contribution in [0.5, 0.6) is 5.75 Å². The van der Waals surface area contributed by atoms with Crippen molar-refractivity contribution in [2.75, 3.05) is 0 Å². The first kappa shape index (κ1) is 19.5. The van der Waals surface area contributed by atoms with Gasteiger partial charge in [0.1, 0.15) is 34.0 Å². The summed E-state index contributed by atoms with van der Waals surface area (Å²) in [6.07, 6.45) is 2.17. The first-order chi connectivity index (χ1) is 12.8. The van der Waals surface area contributed by atoms with Gasteiger partial charge in [0, 0.05) is 30.1 Å². The van der Waals surface area contributed by atoms with E-state index in [9.17, 15) is 13.6 Å². The van der Waals surface area contributed by atoms with Gasteiger partial charge in [-0.3, -0.25) is 14.3 Å². The second kappa shape index (κ2) is 7.80. The number of halogens is 5. The highest BCUT2D eigenvalue weighted by Gasteiger charge is 2.17. The average molecular weight is 433 g/mol. The fraction of sp³-hybridized carbons (Fsp3) is 0.118. The van der Waals surface area contributed by atoms with Crippen LogP contribution in [-0.2, 0) is 6.61 Å². The maximum Gasteiger partial charge on any atom is 0.277 e. The molecular weight excluding hydrogens is 423 g/mol. The average Bonchev–Trinajstić information content (AvgIpc) is 2.61. The molecule has 10 heteroatoms. The monoisotopic (exact) mass is 431 g/mol. The van der Waals surface area contributed by atoms with Gasteiger partial charge in [-0.25, -0.2) is 13.8 Å². The second-order valence-corrected chi connectivity index (χ2v) is 6.61. The van der Waals surface area contributed by atoms with Gasteiger partial charge in [-0.05, 0) is 6.92 Å². The molecule has 0 amide bonds. The zero-order chi connectivity index (χ0) is 19.7. The molecule has 0 saturated heterocycles. The summed E-state index contributed by atoms with van der Waals surface area (Å²) in [7, 11) is 0. The maximum absolute atomic E-state index is 13.7. The molecule has 27 heavy (non-hydrogen) atoms. The number of hydrogen-bond donors (Lipinski definition) is 0. The van der Waals surface area contributed by atoms with Gasteiger partial charge in [-0.2, -0.15) is 0 Å². The molecule has 3 heterocycles. The third-order valence-corrected chi connectivity index (χ3v) is 4.44. The maximum atomic E-state index is 13.7. The van der Waals surface area contributed by atoms with Crippen molar-refractivity contribution in [2.24, 2.45) is 0 Å². The van der Waals surface area contributed by atoms with Crippen LogP contribution in [0, 0.1) is 18.6 Å². The summed E-state index contributed by atoms with van der Waals surface area (Å²) < 4.78 is 33.2. The molecule has 0 atom stereocenters. The lowest BCUT2D eigenvalue weighted by Crippen LogP contribution is -2.22. The SMILES string of the molecule is Cc1cc(OCc2ncc(F)cc2F)c(Cl)c(=O)n1-c1cc(Cl)ncc1Cl. The molecule has 0 bridgehead atoms. The molecule has 0 saturated carbocycles. The highest BCUT2D eigenvalue weighted by atomic mass is 35.5. The van der Waals surface area contributed by atoms with E-state index in [-0.39, 0.29) is 33.2 Å². The zero-order valence-electron chi connectivity index (χ0n) is 13.6. The lowest BCUT2D eigenvalue weighted by Gasteiger charge is -2.15. The van der Waals surface area contributed by atoms with Gasteiger partial charge < -0.3 is 4.74 Å². The summed E-state index contributed by atoms with van der Waals surface area (Å²) in [5.41, 5.74) is 0.0107. The molecule has 3 aromatic heterocycles. The van der Waals surface area contributed by atoms with Crippen LogP contribution in [0.25, 0.3) is 5.69 Å². The minimum Gasteiger partial charge on any atom is -0.485 e. The Balaban J connectivity index is 1.98. The number of ether oxygens (including phenoxy) is 1. The summed E-state index contributed by atoms with van der Waals surface area (Å²) in [5, 5.41) is 0.106. The first-order valence-corrected chi connectivity index (χ1v) is 8.57. The standard InChI is InChI=1S/C17H10Cl3F2N3O2/c1-8-2-14(27-7-12-11(22)3-9(21)5-23-12)16(20)17(26)25(8)13-4-15(19)24-6-10(13)18/h2-6H,7H2,1H3. The Kier molecular flexibility index (Phi) is 5.64. The van der Waals surface area contributed by atoms with Crippen LogP contribution in [0.3, 0.4) is 0 Å². The molecule has 3 aromatic rings. The molecule has 5 nitrogen and oxygen atoms in total. The van der Waals surface area contributed by atoms with Gasteiger partial charge in [0.05, 0.1) is 16.9 Å². The van der Waals surface area contributed by atoms with Crippen molar-refractivity contribution in [3.63, 3.8) is 0 Å². The van der Waals surface area contributed by atoms with Gasteiger partial charge in [0.2, 0.25) is 0 Å². The van der Waals surface area contributed by atoms with Crippen molar-refractivity contribution >= 4 is 34.8 Å². The van der Waals surface area contributed by atoms with Crippen molar-refractivity contribution in [3.05, 3.63) is 79.2 Å². The van der Waals surface area contributed by atoms with Crippen molar-refractivity contribution in [3.8, 4) is 11.4 Å². The molecule has 0 unspecified atom stereocenters. The quantitative estimate of drug-likeness (QED) is 0.558. The fourth-order valence-corrected chi connectivity index (χ4v) is 2.89. The Labute approximate surface area is 167 Å². The minimum absolute atomic E-state index is 0.0252. The van der Waals surface area contributed by atoms with Crippen molar-refractivity contribution in [1.82, 2.24) is 14.5 Å². The van der Waals surface area contributed by atoms with E-state index < -0.39 is 17.2 Å². The summed E-state index contributed by atoms with van der Waals surface area (Å²) >= 11 is 18.1. The topological polar surface area (TPSA) is 57.0 Å². The molecule has 0 N–H and O–H groups in total.